The Labute approximate surface area is 204 Å². The van der Waals surface area contributed by atoms with Gasteiger partial charge in [0.15, 0.2) is 0 Å². The van der Waals surface area contributed by atoms with Crippen molar-refractivity contribution in [1.82, 2.24) is 9.97 Å². The van der Waals surface area contributed by atoms with Crippen LogP contribution in [0.2, 0.25) is 5.02 Å². The number of hydrogen-bond acceptors (Lipinski definition) is 7. The number of esters is 1. The Bertz CT molecular complexity index is 1290. The quantitative estimate of drug-likeness (QED) is 0.183. The summed E-state index contributed by atoms with van der Waals surface area (Å²) in [4.78, 5) is 34.1. The average molecular weight is 498 g/mol. The SMILES string of the molecule is CC(C)OC(=O)c1ccc(NC(=O)CSc2ncnc3scc(-c4ccc(Cl)cc4)c23)cc1. The third kappa shape index (κ3) is 5.71. The molecule has 6 nitrogen and oxygen atoms in total. The third-order valence-corrected chi connectivity index (χ3v) is 6.71. The van der Waals surface area contributed by atoms with Crippen LogP contribution < -0.4 is 5.32 Å². The molecule has 0 aliphatic heterocycles. The number of nitrogens with zero attached hydrogens (tertiary/aromatic N) is 2. The fraction of sp³-hybridized carbons (Fsp3) is 0.167. The van der Waals surface area contributed by atoms with Gasteiger partial charge in [0.05, 0.1) is 22.8 Å². The number of carbonyl (C=O) groups is 2. The summed E-state index contributed by atoms with van der Waals surface area (Å²) in [6, 6.07) is 14.2. The Morgan fingerprint density at radius 1 is 1.09 bits per heavy atom. The summed E-state index contributed by atoms with van der Waals surface area (Å²) < 4.78 is 5.17. The lowest BCUT2D eigenvalue weighted by molar-refractivity contribution is -0.113. The smallest absolute Gasteiger partial charge is 0.338 e. The number of ether oxygens (including phenoxy) is 1. The number of nitrogens with one attached hydrogen (secondary N) is 1. The van der Waals surface area contributed by atoms with Gasteiger partial charge in [-0.2, -0.15) is 0 Å². The zero-order valence-electron chi connectivity index (χ0n) is 17.9. The van der Waals surface area contributed by atoms with E-state index in [1.807, 2.05) is 29.6 Å². The predicted molar refractivity (Wildman–Crippen MR) is 134 cm³/mol. The van der Waals surface area contributed by atoms with Crippen LogP contribution in [0.15, 0.2) is 65.3 Å². The van der Waals surface area contributed by atoms with E-state index in [0.29, 0.717) is 16.3 Å². The topological polar surface area (TPSA) is 81.2 Å². The molecule has 0 aliphatic rings. The van der Waals surface area contributed by atoms with Crippen molar-refractivity contribution in [3.8, 4) is 11.1 Å². The first kappa shape index (κ1) is 23.2. The Balaban J connectivity index is 1.44. The van der Waals surface area contributed by atoms with Gasteiger partial charge in [-0.3, -0.25) is 4.79 Å². The van der Waals surface area contributed by atoms with Crippen LogP contribution in [0.1, 0.15) is 24.2 Å². The van der Waals surface area contributed by atoms with Gasteiger partial charge in [0, 0.05) is 21.7 Å². The second-order valence-electron chi connectivity index (χ2n) is 7.38. The van der Waals surface area contributed by atoms with Crippen molar-refractivity contribution >= 4 is 62.5 Å². The number of aromatic nitrogens is 2. The van der Waals surface area contributed by atoms with Gasteiger partial charge in [0.2, 0.25) is 5.91 Å². The molecule has 4 rings (SSSR count). The van der Waals surface area contributed by atoms with Gasteiger partial charge in [-0.15, -0.1) is 11.3 Å². The standard InChI is InChI=1S/C24H20ClN3O3S2/c1-14(2)31-24(30)16-5-9-18(10-6-16)28-20(29)12-33-23-21-19(11-32-22(21)26-13-27-23)15-3-7-17(25)8-4-15/h3-11,13-14H,12H2,1-2H3,(H,28,29). The van der Waals surface area contributed by atoms with Crippen LogP contribution in [-0.4, -0.2) is 33.7 Å². The number of carbonyl (C=O) groups excluding carboxylic acids is 2. The third-order valence-electron chi connectivity index (χ3n) is 4.58. The number of fused-ring (bicyclic) bond motifs is 1. The van der Waals surface area contributed by atoms with Gasteiger partial charge in [0.25, 0.3) is 0 Å². The average Bonchev–Trinajstić information content (AvgIpc) is 3.23. The Morgan fingerprint density at radius 2 is 1.82 bits per heavy atom. The molecule has 2 aromatic heterocycles. The molecule has 2 heterocycles. The highest BCUT2D eigenvalue weighted by Gasteiger charge is 2.15. The van der Waals surface area contributed by atoms with E-state index >= 15 is 0 Å². The molecule has 1 N–H and O–H groups in total. The molecule has 2 aromatic carbocycles. The summed E-state index contributed by atoms with van der Waals surface area (Å²) in [5.41, 5.74) is 3.07. The van der Waals surface area contributed by atoms with Gasteiger partial charge < -0.3 is 10.1 Å². The van der Waals surface area contributed by atoms with Crippen LogP contribution in [-0.2, 0) is 9.53 Å². The summed E-state index contributed by atoms with van der Waals surface area (Å²) in [5, 5.41) is 7.23. The largest absolute Gasteiger partial charge is 0.459 e. The number of hydrogen-bond donors (Lipinski definition) is 1. The van der Waals surface area contributed by atoms with Crippen LogP contribution >= 0.6 is 34.7 Å². The number of anilines is 1. The maximum atomic E-state index is 12.5. The highest BCUT2D eigenvalue weighted by Crippen LogP contribution is 2.38. The fourth-order valence-corrected chi connectivity index (χ4v) is 5.02. The van der Waals surface area contributed by atoms with E-state index in [-0.39, 0.29) is 17.8 Å². The normalized spacial score (nSPS) is 11.0. The molecule has 4 aromatic rings. The Morgan fingerprint density at radius 3 is 2.52 bits per heavy atom. The van der Waals surface area contributed by atoms with Gasteiger partial charge in [0.1, 0.15) is 16.2 Å². The second kappa shape index (κ2) is 10.3. The van der Waals surface area contributed by atoms with E-state index in [0.717, 1.165) is 26.4 Å². The zero-order valence-corrected chi connectivity index (χ0v) is 20.3. The van der Waals surface area contributed by atoms with Gasteiger partial charge in [-0.05, 0) is 55.8 Å². The molecule has 0 atom stereocenters. The highest BCUT2D eigenvalue weighted by molar-refractivity contribution is 8.00. The lowest BCUT2D eigenvalue weighted by Gasteiger charge is -2.09. The minimum absolute atomic E-state index is 0.174. The first-order valence-corrected chi connectivity index (χ1v) is 12.4. The number of amides is 1. The summed E-state index contributed by atoms with van der Waals surface area (Å²) in [6.45, 7) is 3.59. The van der Waals surface area contributed by atoms with Crippen LogP contribution in [0, 0.1) is 0 Å². The van der Waals surface area contributed by atoms with Crippen molar-refractivity contribution in [2.24, 2.45) is 0 Å². The summed E-state index contributed by atoms with van der Waals surface area (Å²) in [6.07, 6.45) is 1.32. The van der Waals surface area contributed by atoms with Crippen molar-refractivity contribution < 1.29 is 14.3 Å². The fourth-order valence-electron chi connectivity index (χ4n) is 3.10. The summed E-state index contributed by atoms with van der Waals surface area (Å²) >= 11 is 8.91. The van der Waals surface area contributed by atoms with E-state index in [4.69, 9.17) is 16.3 Å². The summed E-state index contributed by atoms with van der Waals surface area (Å²) in [5.74, 6) is -0.384. The molecule has 33 heavy (non-hydrogen) atoms. The van der Waals surface area contributed by atoms with E-state index in [2.05, 4.69) is 15.3 Å². The van der Waals surface area contributed by atoms with Gasteiger partial charge in [-0.25, -0.2) is 14.8 Å². The predicted octanol–water partition coefficient (Wildman–Crippen LogP) is 6.31. The molecular weight excluding hydrogens is 478 g/mol. The van der Waals surface area contributed by atoms with E-state index < -0.39 is 5.97 Å². The molecule has 0 saturated carbocycles. The molecule has 1 amide bonds. The molecule has 0 aliphatic carbocycles. The van der Waals surface area contributed by atoms with Crippen molar-refractivity contribution in [3.63, 3.8) is 0 Å². The monoisotopic (exact) mass is 497 g/mol. The van der Waals surface area contributed by atoms with Crippen molar-refractivity contribution in [1.29, 1.82) is 0 Å². The number of rotatable bonds is 7. The zero-order chi connectivity index (χ0) is 23.4. The molecule has 0 fully saturated rings. The molecular formula is C24H20ClN3O3S2. The maximum Gasteiger partial charge on any atom is 0.338 e. The van der Waals surface area contributed by atoms with Crippen molar-refractivity contribution in [2.75, 3.05) is 11.1 Å². The van der Waals surface area contributed by atoms with Crippen LogP contribution in [0.3, 0.4) is 0 Å². The first-order chi connectivity index (χ1) is 15.9. The minimum atomic E-state index is -0.390. The van der Waals surface area contributed by atoms with E-state index in [9.17, 15) is 9.59 Å². The highest BCUT2D eigenvalue weighted by atomic mass is 35.5. The molecule has 168 valence electrons. The molecule has 0 radical (unpaired) electrons. The molecule has 0 unspecified atom stereocenters. The number of thioether (sulfide) groups is 1. The molecule has 9 heteroatoms. The minimum Gasteiger partial charge on any atom is -0.459 e. The molecule has 0 bridgehead atoms. The number of thiophene rings is 1. The van der Waals surface area contributed by atoms with E-state index in [1.165, 1.54) is 29.4 Å². The van der Waals surface area contributed by atoms with Gasteiger partial charge >= 0.3 is 5.97 Å². The summed E-state index contributed by atoms with van der Waals surface area (Å²) in [7, 11) is 0. The van der Waals surface area contributed by atoms with Crippen molar-refractivity contribution in [3.05, 3.63) is 70.8 Å². The van der Waals surface area contributed by atoms with E-state index in [1.54, 1.807) is 38.1 Å². The molecule has 0 saturated heterocycles. The Kier molecular flexibility index (Phi) is 7.27. The first-order valence-electron chi connectivity index (χ1n) is 10.1. The molecule has 0 spiro atoms. The Hall–Kier alpha value is -2.94. The van der Waals surface area contributed by atoms with Crippen LogP contribution in [0.5, 0.6) is 0 Å². The lowest BCUT2D eigenvalue weighted by Crippen LogP contribution is -2.15. The lowest BCUT2D eigenvalue weighted by atomic mass is 10.1. The second-order valence-corrected chi connectivity index (χ2v) is 9.64. The van der Waals surface area contributed by atoms with Crippen molar-refractivity contribution in [2.45, 2.75) is 25.0 Å². The number of halogens is 1. The van der Waals surface area contributed by atoms with Crippen LogP contribution in [0.25, 0.3) is 21.3 Å². The number of benzene rings is 2. The van der Waals surface area contributed by atoms with Crippen LogP contribution in [0.4, 0.5) is 5.69 Å². The maximum absolute atomic E-state index is 12.5. The van der Waals surface area contributed by atoms with Gasteiger partial charge in [-0.1, -0.05) is 35.5 Å².